The van der Waals surface area contributed by atoms with Crippen LogP contribution < -0.4 is 20.4 Å². The number of hydrogen-bond donors (Lipinski definition) is 2. The van der Waals surface area contributed by atoms with Gasteiger partial charge in [0, 0.05) is 55.6 Å². The molecule has 0 spiro atoms. The first-order valence-electron chi connectivity index (χ1n) is 12.1. The Balaban J connectivity index is 1.39. The number of aromatic nitrogens is 3. The van der Waals surface area contributed by atoms with Gasteiger partial charge in [-0.05, 0) is 45.2 Å². The van der Waals surface area contributed by atoms with Crippen LogP contribution in [0.3, 0.4) is 0 Å². The van der Waals surface area contributed by atoms with E-state index in [0.29, 0.717) is 18.4 Å². The van der Waals surface area contributed by atoms with E-state index in [1.807, 2.05) is 19.3 Å². The van der Waals surface area contributed by atoms with Gasteiger partial charge in [0.1, 0.15) is 17.5 Å². The molecule has 0 unspecified atom stereocenters. The number of rotatable bonds is 5. The zero-order valence-corrected chi connectivity index (χ0v) is 19.6. The van der Waals surface area contributed by atoms with E-state index in [1.54, 1.807) is 13.1 Å². The lowest BCUT2D eigenvalue weighted by Gasteiger charge is -2.37. The third-order valence-corrected chi connectivity index (χ3v) is 7.13. The smallest absolute Gasteiger partial charge is 0.157 e. The molecule has 4 heterocycles. The maximum Gasteiger partial charge on any atom is 0.157 e. The number of anilines is 4. The number of nitrogens with zero attached hydrogens (tertiary/aromatic N) is 5. The zero-order chi connectivity index (χ0) is 22.8. The summed E-state index contributed by atoms with van der Waals surface area (Å²) in [6.07, 6.45) is 11.5. The first-order chi connectivity index (χ1) is 16.1. The van der Waals surface area contributed by atoms with Gasteiger partial charge in [0.2, 0.25) is 0 Å². The largest absolute Gasteiger partial charge is 0.363 e. The number of fused-ring (bicyclic) bond motifs is 1. The Bertz CT molecular complexity index is 1040. The van der Waals surface area contributed by atoms with Gasteiger partial charge in [-0.2, -0.15) is 0 Å². The fourth-order valence-electron chi connectivity index (χ4n) is 5.25. The monoisotopic (exact) mass is 447 g/mol. The second kappa shape index (κ2) is 9.47. The van der Waals surface area contributed by atoms with Crippen LogP contribution in [-0.2, 0) is 4.79 Å². The Morgan fingerprint density at radius 1 is 1.03 bits per heavy atom. The van der Waals surface area contributed by atoms with Gasteiger partial charge in [0.15, 0.2) is 5.78 Å². The topological polar surface area (TPSA) is 86.3 Å². The third-order valence-electron chi connectivity index (χ3n) is 7.13. The number of carbonyl (C=O) groups is 1. The van der Waals surface area contributed by atoms with Crippen molar-refractivity contribution in [3.8, 4) is 0 Å². The van der Waals surface area contributed by atoms with Crippen molar-refractivity contribution in [1.29, 1.82) is 0 Å². The lowest BCUT2D eigenvalue weighted by molar-refractivity contribution is -0.113. The summed E-state index contributed by atoms with van der Waals surface area (Å²) >= 11 is 0. The van der Waals surface area contributed by atoms with Crippen molar-refractivity contribution in [1.82, 2.24) is 20.3 Å². The van der Waals surface area contributed by atoms with Crippen molar-refractivity contribution in [3.05, 3.63) is 35.8 Å². The first-order valence-corrected chi connectivity index (χ1v) is 12.1. The van der Waals surface area contributed by atoms with Crippen molar-refractivity contribution in [3.63, 3.8) is 0 Å². The molecule has 174 valence electrons. The molecule has 8 nitrogen and oxygen atoms in total. The molecule has 0 bridgehead atoms. The van der Waals surface area contributed by atoms with Crippen molar-refractivity contribution in [2.75, 3.05) is 47.8 Å². The van der Waals surface area contributed by atoms with Gasteiger partial charge >= 0.3 is 0 Å². The number of Topliss-reactive ketones (excluding diaryl/α,β-unsaturated/α-hetero) is 1. The van der Waals surface area contributed by atoms with E-state index in [9.17, 15) is 4.79 Å². The molecule has 0 amide bonds. The molecule has 5 rings (SSSR count). The minimum absolute atomic E-state index is 0.152. The molecule has 2 aliphatic heterocycles. The van der Waals surface area contributed by atoms with Crippen LogP contribution in [0.25, 0.3) is 5.57 Å². The van der Waals surface area contributed by atoms with E-state index in [4.69, 9.17) is 0 Å². The van der Waals surface area contributed by atoms with Crippen molar-refractivity contribution in [2.24, 2.45) is 0 Å². The summed E-state index contributed by atoms with van der Waals surface area (Å²) in [5.41, 5.74) is 4.16. The van der Waals surface area contributed by atoms with Crippen molar-refractivity contribution < 1.29 is 4.79 Å². The molecule has 0 radical (unpaired) electrons. The molecular weight excluding hydrogens is 414 g/mol. The van der Waals surface area contributed by atoms with E-state index in [-0.39, 0.29) is 5.78 Å². The predicted octanol–water partition coefficient (Wildman–Crippen LogP) is 3.54. The zero-order valence-electron chi connectivity index (χ0n) is 19.6. The summed E-state index contributed by atoms with van der Waals surface area (Å²) in [4.78, 5) is 30.9. The molecule has 1 saturated carbocycles. The summed E-state index contributed by atoms with van der Waals surface area (Å²) < 4.78 is 0. The maximum atomic E-state index is 12.3. The average molecular weight is 448 g/mol. The average Bonchev–Trinajstić information content (AvgIpc) is 3.21. The highest BCUT2D eigenvalue weighted by atomic mass is 16.1. The summed E-state index contributed by atoms with van der Waals surface area (Å²) in [7, 11) is 0. The minimum atomic E-state index is 0.152. The molecule has 0 aromatic carbocycles. The van der Waals surface area contributed by atoms with E-state index >= 15 is 0 Å². The molecule has 33 heavy (non-hydrogen) atoms. The summed E-state index contributed by atoms with van der Waals surface area (Å²) in [5.74, 6) is 2.49. The molecule has 1 aliphatic carbocycles. The Morgan fingerprint density at radius 3 is 2.61 bits per heavy atom. The van der Waals surface area contributed by atoms with Gasteiger partial charge in [-0.1, -0.05) is 12.8 Å². The molecule has 2 fully saturated rings. The second-order valence-corrected chi connectivity index (χ2v) is 9.29. The number of pyridine rings is 1. The van der Waals surface area contributed by atoms with Crippen LogP contribution in [0.1, 0.15) is 51.5 Å². The van der Waals surface area contributed by atoms with Crippen LogP contribution in [0.5, 0.6) is 0 Å². The molecular formula is C25H33N7O. The van der Waals surface area contributed by atoms with Gasteiger partial charge in [0.05, 0.1) is 18.1 Å². The lowest BCUT2D eigenvalue weighted by Crippen LogP contribution is -2.39. The fraction of sp³-hybridized carbons (Fsp3) is 0.520. The van der Waals surface area contributed by atoms with E-state index < -0.39 is 0 Å². The van der Waals surface area contributed by atoms with E-state index in [0.717, 1.165) is 66.6 Å². The number of carbonyl (C=O) groups excluding carboxylic acids is 1. The Hall–Kier alpha value is -3.00. The van der Waals surface area contributed by atoms with Gasteiger partial charge < -0.3 is 20.4 Å². The van der Waals surface area contributed by atoms with Crippen LogP contribution >= 0.6 is 0 Å². The predicted molar refractivity (Wildman–Crippen MR) is 132 cm³/mol. The van der Waals surface area contributed by atoms with E-state index in [2.05, 4.69) is 41.5 Å². The molecule has 8 heteroatoms. The highest BCUT2D eigenvalue weighted by molar-refractivity contribution is 6.04. The van der Waals surface area contributed by atoms with Crippen LogP contribution in [0.15, 0.2) is 30.2 Å². The van der Waals surface area contributed by atoms with Gasteiger partial charge in [-0.15, -0.1) is 0 Å². The van der Waals surface area contributed by atoms with Crippen LogP contribution in [0.2, 0.25) is 0 Å². The molecule has 2 aromatic rings. The SMILES string of the molecule is CC(=O)C1=C(C)c2cnc(Nc3cnc(N4CCCNCC4)cn3)cc2N(C2CCCC2)C1. The number of ketones is 1. The molecule has 3 aliphatic rings. The summed E-state index contributed by atoms with van der Waals surface area (Å²) in [6, 6.07) is 2.58. The number of hydrogen-bond acceptors (Lipinski definition) is 8. The second-order valence-electron chi connectivity index (χ2n) is 9.29. The minimum Gasteiger partial charge on any atom is -0.363 e. The Kier molecular flexibility index (Phi) is 6.26. The van der Waals surface area contributed by atoms with Crippen LogP contribution in [0, 0.1) is 0 Å². The molecule has 1 saturated heterocycles. The van der Waals surface area contributed by atoms with Crippen LogP contribution in [-0.4, -0.2) is 59.5 Å². The Morgan fingerprint density at radius 2 is 1.85 bits per heavy atom. The number of allylic oxidation sites excluding steroid dienone is 1. The van der Waals surface area contributed by atoms with Crippen molar-refractivity contribution >= 4 is 34.5 Å². The highest BCUT2D eigenvalue weighted by Crippen LogP contribution is 2.40. The fourth-order valence-corrected chi connectivity index (χ4v) is 5.25. The standard InChI is InChI=1S/C25H33N7O/c1-17-20-13-27-23(12-22(20)32(16-21(17)18(2)33)19-6-3-4-7-19)30-24-14-29-25(15-28-24)31-10-5-8-26-9-11-31/h12-15,19,26H,3-11,16H2,1-2H3,(H,27,28,30). The van der Waals surface area contributed by atoms with Gasteiger partial charge in [-0.25, -0.2) is 15.0 Å². The number of nitrogens with one attached hydrogen (secondary N) is 2. The summed E-state index contributed by atoms with van der Waals surface area (Å²) in [6.45, 7) is 8.35. The van der Waals surface area contributed by atoms with Gasteiger partial charge in [0.25, 0.3) is 0 Å². The highest BCUT2D eigenvalue weighted by Gasteiger charge is 2.31. The van der Waals surface area contributed by atoms with Crippen molar-refractivity contribution in [2.45, 2.75) is 52.0 Å². The molecule has 0 atom stereocenters. The quantitative estimate of drug-likeness (QED) is 0.720. The van der Waals surface area contributed by atoms with Crippen LogP contribution in [0.4, 0.5) is 23.1 Å². The van der Waals surface area contributed by atoms with Gasteiger partial charge in [-0.3, -0.25) is 4.79 Å². The normalized spacial score (nSPS) is 19.5. The van der Waals surface area contributed by atoms with E-state index in [1.165, 1.54) is 25.7 Å². The molecule has 2 aromatic heterocycles. The summed E-state index contributed by atoms with van der Waals surface area (Å²) in [5, 5.41) is 6.75. The third kappa shape index (κ3) is 4.57. The Labute approximate surface area is 195 Å². The molecule has 2 N–H and O–H groups in total. The maximum absolute atomic E-state index is 12.3. The first kappa shape index (κ1) is 21.8. The lowest BCUT2D eigenvalue weighted by atomic mass is 9.92.